The van der Waals surface area contributed by atoms with Gasteiger partial charge in [-0.1, -0.05) is 6.07 Å². The van der Waals surface area contributed by atoms with Crippen molar-refractivity contribution in [3.8, 4) is 0 Å². The molecular weight excluding hydrogens is 253 g/mol. The van der Waals surface area contributed by atoms with Crippen molar-refractivity contribution in [1.82, 2.24) is 10.2 Å². The fraction of sp³-hybridized carbons (Fsp3) is 0.333. The highest BCUT2D eigenvalue weighted by atomic mass is 32.1. The number of nitrogens with one attached hydrogen (secondary N) is 2. The van der Waals surface area contributed by atoms with Crippen LogP contribution in [0.15, 0.2) is 18.2 Å². The minimum absolute atomic E-state index is 0.142. The van der Waals surface area contributed by atoms with E-state index < -0.39 is 0 Å². The van der Waals surface area contributed by atoms with E-state index in [9.17, 15) is 9.18 Å². The predicted octanol–water partition coefficient (Wildman–Crippen LogP) is 1.51. The van der Waals surface area contributed by atoms with E-state index in [1.165, 1.54) is 6.07 Å². The maximum Gasteiger partial charge on any atom is 0.239 e. The number of rotatable bonds is 3. The topological polar surface area (TPSA) is 44.4 Å². The summed E-state index contributed by atoms with van der Waals surface area (Å²) in [5.74, 6) is -0.437. The normalized spacial score (nSPS) is 9.78. The van der Waals surface area contributed by atoms with Crippen LogP contribution in [0.3, 0.4) is 0 Å². The van der Waals surface area contributed by atoms with Crippen molar-refractivity contribution in [3.63, 3.8) is 0 Å². The first-order valence-electron chi connectivity index (χ1n) is 5.43. The van der Waals surface area contributed by atoms with Crippen molar-refractivity contribution < 1.29 is 9.18 Å². The Labute approximate surface area is 111 Å². The van der Waals surface area contributed by atoms with Crippen molar-refractivity contribution >= 4 is 28.9 Å². The summed E-state index contributed by atoms with van der Waals surface area (Å²) >= 11 is 5.11. The number of thiocarbonyl (C=S) groups is 1. The van der Waals surface area contributed by atoms with Gasteiger partial charge in [0.15, 0.2) is 5.11 Å². The lowest BCUT2D eigenvalue weighted by molar-refractivity contribution is -0.120. The number of aryl methyl sites for hydroxylation is 1. The van der Waals surface area contributed by atoms with Crippen LogP contribution in [0, 0.1) is 12.7 Å². The Balaban J connectivity index is 2.63. The van der Waals surface area contributed by atoms with E-state index in [2.05, 4.69) is 10.6 Å². The maximum atomic E-state index is 13.3. The Morgan fingerprint density at radius 3 is 2.72 bits per heavy atom. The number of amides is 1. The van der Waals surface area contributed by atoms with Gasteiger partial charge >= 0.3 is 0 Å². The standard InChI is InChI=1S/C12H16FN3OS/c1-8-4-5-9(6-10(8)13)15-12(18)16(3)7-11(17)14-2/h4-6H,7H2,1-3H3,(H,14,17)(H,15,18). The Bertz CT molecular complexity index is 465. The van der Waals surface area contributed by atoms with E-state index in [4.69, 9.17) is 12.2 Å². The van der Waals surface area contributed by atoms with E-state index >= 15 is 0 Å². The summed E-state index contributed by atoms with van der Waals surface area (Å²) in [6.45, 7) is 1.84. The monoisotopic (exact) mass is 269 g/mol. The van der Waals surface area contributed by atoms with Crippen molar-refractivity contribution in [1.29, 1.82) is 0 Å². The van der Waals surface area contributed by atoms with Gasteiger partial charge in [-0.25, -0.2) is 4.39 Å². The molecule has 0 atom stereocenters. The molecule has 0 bridgehead atoms. The second-order valence-corrected chi connectivity index (χ2v) is 4.31. The largest absolute Gasteiger partial charge is 0.358 e. The average molecular weight is 269 g/mol. The molecule has 6 heteroatoms. The zero-order valence-corrected chi connectivity index (χ0v) is 11.4. The third-order valence-electron chi connectivity index (χ3n) is 2.43. The molecule has 1 amide bonds. The van der Waals surface area contributed by atoms with Crippen molar-refractivity contribution in [2.75, 3.05) is 26.0 Å². The predicted molar refractivity (Wildman–Crippen MR) is 74.1 cm³/mol. The third-order valence-corrected chi connectivity index (χ3v) is 2.84. The van der Waals surface area contributed by atoms with E-state index in [0.29, 0.717) is 16.4 Å². The fourth-order valence-electron chi connectivity index (χ4n) is 1.26. The highest BCUT2D eigenvalue weighted by Crippen LogP contribution is 2.13. The van der Waals surface area contributed by atoms with Gasteiger partial charge in [-0.05, 0) is 36.8 Å². The first-order valence-corrected chi connectivity index (χ1v) is 5.83. The van der Waals surface area contributed by atoms with Crippen LogP contribution in [0.25, 0.3) is 0 Å². The molecule has 1 rings (SSSR count). The van der Waals surface area contributed by atoms with Crippen LogP contribution in [0.4, 0.5) is 10.1 Å². The molecule has 1 aromatic carbocycles. The first-order chi connectivity index (χ1) is 8.43. The van der Waals surface area contributed by atoms with Crippen LogP contribution in [0.2, 0.25) is 0 Å². The molecule has 0 spiro atoms. The average Bonchev–Trinajstić information content (AvgIpc) is 2.33. The van der Waals surface area contributed by atoms with Crippen LogP contribution in [-0.4, -0.2) is 36.6 Å². The molecule has 0 aliphatic rings. The smallest absolute Gasteiger partial charge is 0.239 e. The van der Waals surface area contributed by atoms with Crippen LogP contribution in [0.1, 0.15) is 5.56 Å². The molecule has 0 saturated carbocycles. The number of hydrogen-bond donors (Lipinski definition) is 2. The number of carbonyl (C=O) groups is 1. The lowest BCUT2D eigenvalue weighted by atomic mass is 10.2. The summed E-state index contributed by atoms with van der Waals surface area (Å²) in [6, 6.07) is 4.77. The molecule has 2 N–H and O–H groups in total. The summed E-state index contributed by atoms with van der Waals surface area (Å²) in [6.07, 6.45) is 0. The number of likely N-dealkylation sites (N-methyl/N-ethyl adjacent to an activating group) is 2. The van der Waals surface area contributed by atoms with Crippen LogP contribution in [0.5, 0.6) is 0 Å². The van der Waals surface area contributed by atoms with Crippen LogP contribution >= 0.6 is 12.2 Å². The molecule has 0 aliphatic carbocycles. The van der Waals surface area contributed by atoms with Crippen LogP contribution < -0.4 is 10.6 Å². The lowest BCUT2D eigenvalue weighted by Crippen LogP contribution is -2.39. The highest BCUT2D eigenvalue weighted by molar-refractivity contribution is 7.80. The van der Waals surface area contributed by atoms with Gasteiger partial charge in [-0.2, -0.15) is 0 Å². The van der Waals surface area contributed by atoms with Gasteiger partial charge in [-0.3, -0.25) is 4.79 Å². The van der Waals surface area contributed by atoms with Gasteiger partial charge in [0.25, 0.3) is 0 Å². The number of anilines is 1. The summed E-state index contributed by atoms with van der Waals surface area (Å²) in [7, 11) is 3.25. The molecule has 18 heavy (non-hydrogen) atoms. The van der Waals surface area contributed by atoms with Gasteiger partial charge in [0.05, 0.1) is 6.54 Å². The minimum atomic E-state index is -0.295. The first kappa shape index (κ1) is 14.4. The molecule has 0 unspecified atom stereocenters. The minimum Gasteiger partial charge on any atom is -0.358 e. The van der Waals surface area contributed by atoms with Crippen molar-refractivity contribution in [2.45, 2.75) is 6.92 Å². The Kier molecular flexibility index (Phi) is 5.03. The fourth-order valence-corrected chi connectivity index (χ4v) is 1.44. The van der Waals surface area contributed by atoms with Gasteiger partial charge in [0, 0.05) is 19.8 Å². The molecule has 98 valence electrons. The molecule has 0 heterocycles. The van der Waals surface area contributed by atoms with E-state index in [-0.39, 0.29) is 18.3 Å². The number of carbonyl (C=O) groups excluding carboxylic acids is 1. The van der Waals surface area contributed by atoms with E-state index in [0.717, 1.165) is 0 Å². The molecule has 0 aromatic heterocycles. The highest BCUT2D eigenvalue weighted by Gasteiger charge is 2.09. The van der Waals surface area contributed by atoms with Crippen molar-refractivity contribution in [3.05, 3.63) is 29.6 Å². The number of benzene rings is 1. The number of hydrogen-bond acceptors (Lipinski definition) is 2. The molecule has 0 fully saturated rings. The second-order valence-electron chi connectivity index (χ2n) is 3.92. The van der Waals surface area contributed by atoms with Gasteiger partial charge in [-0.15, -0.1) is 0 Å². The Morgan fingerprint density at radius 2 is 2.17 bits per heavy atom. The second kappa shape index (κ2) is 6.30. The molecule has 4 nitrogen and oxygen atoms in total. The quantitative estimate of drug-likeness (QED) is 0.816. The summed E-state index contributed by atoms with van der Waals surface area (Å²) in [4.78, 5) is 12.8. The Hall–Kier alpha value is -1.69. The SMILES string of the molecule is CNC(=O)CN(C)C(=S)Nc1ccc(C)c(F)c1. The zero-order valence-electron chi connectivity index (χ0n) is 10.6. The summed E-state index contributed by atoms with van der Waals surface area (Å²) < 4.78 is 13.3. The molecular formula is C12H16FN3OS. The van der Waals surface area contributed by atoms with Crippen LogP contribution in [-0.2, 0) is 4.79 Å². The molecule has 0 aliphatic heterocycles. The van der Waals surface area contributed by atoms with E-state index in [1.807, 2.05) is 0 Å². The summed E-state index contributed by atoms with van der Waals surface area (Å²) in [5, 5.41) is 5.74. The number of nitrogens with zero attached hydrogens (tertiary/aromatic N) is 1. The zero-order chi connectivity index (χ0) is 13.7. The number of halogens is 1. The van der Waals surface area contributed by atoms with E-state index in [1.54, 1.807) is 38.1 Å². The Morgan fingerprint density at radius 1 is 1.50 bits per heavy atom. The maximum absolute atomic E-state index is 13.3. The third kappa shape index (κ3) is 3.96. The molecule has 0 saturated heterocycles. The van der Waals surface area contributed by atoms with Crippen molar-refractivity contribution in [2.24, 2.45) is 0 Å². The molecule has 1 aromatic rings. The van der Waals surface area contributed by atoms with Gasteiger partial charge in [0.1, 0.15) is 5.82 Å². The lowest BCUT2D eigenvalue weighted by Gasteiger charge is -2.20. The summed E-state index contributed by atoms with van der Waals surface area (Å²) in [5.41, 5.74) is 1.14. The molecule has 0 radical (unpaired) electrons. The van der Waals surface area contributed by atoms with Gasteiger partial charge in [0.2, 0.25) is 5.91 Å². The van der Waals surface area contributed by atoms with Gasteiger partial charge < -0.3 is 15.5 Å².